The van der Waals surface area contributed by atoms with Crippen molar-refractivity contribution in [2.45, 2.75) is 40.7 Å². The van der Waals surface area contributed by atoms with E-state index in [1.807, 2.05) is 32.0 Å². The molecule has 0 radical (unpaired) electrons. The number of hydrogen-bond donors (Lipinski definition) is 0. The molecule has 122 valence electrons. The maximum atomic E-state index is 11.4. The van der Waals surface area contributed by atoms with Crippen molar-refractivity contribution in [1.29, 1.82) is 0 Å². The Morgan fingerprint density at radius 1 is 1.23 bits per heavy atom. The molecule has 0 saturated carbocycles. The molecule has 0 aromatic heterocycles. The monoisotopic (exact) mass is 304 g/mol. The second-order valence-corrected chi connectivity index (χ2v) is 5.88. The molecule has 2 atom stereocenters. The second kappa shape index (κ2) is 10.2. The Hall–Kier alpha value is -1.61. The number of esters is 1. The van der Waals surface area contributed by atoms with Gasteiger partial charge in [0.05, 0.1) is 13.2 Å². The van der Waals surface area contributed by atoms with E-state index in [2.05, 4.69) is 26.0 Å². The highest BCUT2D eigenvalue weighted by Gasteiger charge is 2.12. The number of allylic oxidation sites excluding steroid dienone is 1. The van der Waals surface area contributed by atoms with Crippen molar-refractivity contribution in [1.82, 2.24) is 0 Å². The zero-order chi connectivity index (χ0) is 16.4. The Bertz CT molecular complexity index is 465. The molecule has 0 aliphatic rings. The van der Waals surface area contributed by atoms with Crippen LogP contribution >= 0.6 is 0 Å². The summed E-state index contributed by atoms with van der Waals surface area (Å²) in [5.74, 6) is 0.545. The van der Waals surface area contributed by atoms with Gasteiger partial charge in [-0.3, -0.25) is 0 Å². The summed E-state index contributed by atoms with van der Waals surface area (Å²) in [4.78, 5) is 11.4. The first-order valence-corrected chi connectivity index (χ1v) is 7.99. The quantitative estimate of drug-likeness (QED) is 0.502. The average Bonchev–Trinajstić information content (AvgIpc) is 2.48. The standard InChI is InChI=1S/C19H28O3/c1-5-22-19(20)12-17(4)16(3)11-15(2)13-21-14-18-9-7-6-8-10-18/h6-10,12,15-16H,5,11,13-14H2,1-4H3/b17-12+/t15-,16-/m0/s1. The first-order valence-electron chi connectivity index (χ1n) is 7.99. The molecular weight excluding hydrogens is 276 g/mol. The van der Waals surface area contributed by atoms with Crippen LogP contribution in [0, 0.1) is 11.8 Å². The van der Waals surface area contributed by atoms with Gasteiger partial charge in [-0.25, -0.2) is 4.79 Å². The number of carbonyl (C=O) groups is 1. The SMILES string of the molecule is CCOC(=O)/C=C(\C)[C@@H](C)C[C@H](C)COCc1ccccc1. The van der Waals surface area contributed by atoms with Crippen molar-refractivity contribution in [2.24, 2.45) is 11.8 Å². The summed E-state index contributed by atoms with van der Waals surface area (Å²) in [5.41, 5.74) is 2.26. The maximum absolute atomic E-state index is 11.4. The summed E-state index contributed by atoms with van der Waals surface area (Å²) in [5, 5.41) is 0. The van der Waals surface area contributed by atoms with Crippen LogP contribution in [-0.4, -0.2) is 19.2 Å². The zero-order valence-corrected chi connectivity index (χ0v) is 14.2. The summed E-state index contributed by atoms with van der Waals surface area (Å²) in [6, 6.07) is 10.2. The largest absolute Gasteiger partial charge is 0.463 e. The van der Waals surface area contributed by atoms with Gasteiger partial charge in [0, 0.05) is 12.7 Å². The van der Waals surface area contributed by atoms with Crippen molar-refractivity contribution in [3.8, 4) is 0 Å². The molecule has 0 fully saturated rings. The van der Waals surface area contributed by atoms with E-state index in [9.17, 15) is 4.79 Å². The van der Waals surface area contributed by atoms with Crippen LogP contribution in [0.3, 0.4) is 0 Å². The predicted octanol–water partition coefficient (Wildman–Crippen LogP) is 4.37. The number of carbonyl (C=O) groups excluding carboxylic acids is 1. The number of benzene rings is 1. The number of hydrogen-bond acceptors (Lipinski definition) is 3. The minimum atomic E-state index is -0.250. The smallest absolute Gasteiger partial charge is 0.330 e. The molecule has 0 aliphatic heterocycles. The molecule has 0 N–H and O–H groups in total. The van der Waals surface area contributed by atoms with Crippen molar-refractivity contribution >= 4 is 5.97 Å². The van der Waals surface area contributed by atoms with Gasteiger partial charge in [0.25, 0.3) is 0 Å². The summed E-state index contributed by atoms with van der Waals surface area (Å²) in [7, 11) is 0. The topological polar surface area (TPSA) is 35.5 Å². The van der Waals surface area contributed by atoms with Gasteiger partial charge >= 0.3 is 5.97 Å². The lowest BCUT2D eigenvalue weighted by Gasteiger charge is -2.18. The van der Waals surface area contributed by atoms with Crippen LogP contribution in [-0.2, 0) is 20.9 Å². The second-order valence-electron chi connectivity index (χ2n) is 5.88. The minimum Gasteiger partial charge on any atom is -0.463 e. The Kier molecular flexibility index (Phi) is 8.53. The van der Waals surface area contributed by atoms with E-state index in [0.717, 1.165) is 18.6 Å². The summed E-state index contributed by atoms with van der Waals surface area (Å²) in [6.45, 7) is 9.91. The molecular formula is C19H28O3. The summed E-state index contributed by atoms with van der Waals surface area (Å²) in [6.07, 6.45) is 2.60. The normalized spacial score (nSPS) is 14.5. The maximum Gasteiger partial charge on any atom is 0.330 e. The summed E-state index contributed by atoms with van der Waals surface area (Å²) >= 11 is 0. The molecule has 0 amide bonds. The Morgan fingerprint density at radius 3 is 2.55 bits per heavy atom. The van der Waals surface area contributed by atoms with E-state index in [0.29, 0.717) is 25.0 Å². The molecule has 0 heterocycles. The summed E-state index contributed by atoms with van der Waals surface area (Å²) < 4.78 is 10.7. The van der Waals surface area contributed by atoms with Gasteiger partial charge in [0.15, 0.2) is 0 Å². The lowest BCUT2D eigenvalue weighted by Crippen LogP contribution is -2.12. The highest BCUT2D eigenvalue weighted by molar-refractivity contribution is 5.82. The molecule has 3 heteroatoms. The molecule has 0 bridgehead atoms. The van der Waals surface area contributed by atoms with Gasteiger partial charge in [-0.05, 0) is 37.7 Å². The highest BCUT2D eigenvalue weighted by atomic mass is 16.5. The molecule has 1 rings (SSSR count). The average molecular weight is 304 g/mol. The van der Waals surface area contributed by atoms with Crippen molar-refractivity contribution in [3.05, 3.63) is 47.5 Å². The predicted molar refractivity (Wildman–Crippen MR) is 89.4 cm³/mol. The third-order valence-electron chi connectivity index (χ3n) is 3.68. The zero-order valence-electron chi connectivity index (χ0n) is 14.2. The van der Waals surface area contributed by atoms with Gasteiger partial charge in [0.1, 0.15) is 0 Å². The van der Waals surface area contributed by atoms with Crippen LogP contribution < -0.4 is 0 Å². The highest BCUT2D eigenvalue weighted by Crippen LogP contribution is 2.20. The van der Waals surface area contributed by atoms with Crippen LogP contribution in [0.25, 0.3) is 0 Å². The molecule has 3 nitrogen and oxygen atoms in total. The van der Waals surface area contributed by atoms with Crippen LogP contribution in [0.2, 0.25) is 0 Å². The van der Waals surface area contributed by atoms with Crippen LogP contribution in [0.15, 0.2) is 42.0 Å². The fourth-order valence-electron chi connectivity index (χ4n) is 2.32. The van der Waals surface area contributed by atoms with Gasteiger partial charge in [-0.2, -0.15) is 0 Å². The van der Waals surface area contributed by atoms with Crippen LogP contribution in [0.1, 0.15) is 39.7 Å². The fourth-order valence-corrected chi connectivity index (χ4v) is 2.32. The van der Waals surface area contributed by atoms with Gasteiger partial charge in [-0.1, -0.05) is 49.8 Å². The molecule has 1 aromatic carbocycles. The number of rotatable bonds is 9. The van der Waals surface area contributed by atoms with Crippen molar-refractivity contribution in [3.63, 3.8) is 0 Å². The lowest BCUT2D eigenvalue weighted by atomic mass is 9.92. The van der Waals surface area contributed by atoms with Gasteiger partial charge < -0.3 is 9.47 Å². The van der Waals surface area contributed by atoms with E-state index >= 15 is 0 Å². The van der Waals surface area contributed by atoms with E-state index < -0.39 is 0 Å². The third-order valence-corrected chi connectivity index (χ3v) is 3.68. The molecule has 0 aliphatic carbocycles. The van der Waals surface area contributed by atoms with Crippen LogP contribution in [0.5, 0.6) is 0 Å². The third kappa shape index (κ3) is 7.41. The number of ether oxygens (including phenoxy) is 2. The van der Waals surface area contributed by atoms with Crippen LogP contribution in [0.4, 0.5) is 0 Å². The van der Waals surface area contributed by atoms with Gasteiger partial charge in [-0.15, -0.1) is 0 Å². The minimum absolute atomic E-state index is 0.250. The van der Waals surface area contributed by atoms with E-state index in [-0.39, 0.29) is 5.97 Å². The molecule has 0 spiro atoms. The Morgan fingerprint density at radius 2 is 1.91 bits per heavy atom. The fraction of sp³-hybridized carbons (Fsp3) is 0.526. The van der Waals surface area contributed by atoms with E-state index in [4.69, 9.17) is 9.47 Å². The first kappa shape index (κ1) is 18.4. The van der Waals surface area contributed by atoms with Gasteiger partial charge in [0.2, 0.25) is 0 Å². The van der Waals surface area contributed by atoms with Crippen molar-refractivity contribution < 1.29 is 14.3 Å². The molecule has 22 heavy (non-hydrogen) atoms. The van der Waals surface area contributed by atoms with Crippen molar-refractivity contribution in [2.75, 3.05) is 13.2 Å². The Balaban J connectivity index is 2.31. The first-order chi connectivity index (χ1) is 10.5. The molecule has 0 saturated heterocycles. The molecule has 0 unspecified atom stereocenters. The lowest BCUT2D eigenvalue weighted by molar-refractivity contribution is -0.137. The van der Waals surface area contributed by atoms with E-state index in [1.165, 1.54) is 5.56 Å². The molecule has 1 aromatic rings. The Labute approximate surface area is 134 Å². The van der Waals surface area contributed by atoms with E-state index in [1.54, 1.807) is 6.08 Å².